The van der Waals surface area contributed by atoms with Crippen molar-refractivity contribution in [3.63, 3.8) is 0 Å². The summed E-state index contributed by atoms with van der Waals surface area (Å²) in [6.45, 7) is 2.58. The lowest BCUT2D eigenvalue weighted by Gasteiger charge is -2.09. The maximum atomic E-state index is 12.3. The number of nitrogens with zero attached hydrogens (tertiary/aromatic N) is 1. The van der Waals surface area contributed by atoms with E-state index in [1.54, 1.807) is 18.3 Å². The number of ether oxygens (including phenoxy) is 1. The van der Waals surface area contributed by atoms with Gasteiger partial charge in [0.05, 0.1) is 17.1 Å². The molecule has 0 unspecified atom stereocenters. The standard InChI is InChI=1S/C16H18N2O3S2/c1-2-21-16-8-7-15(11-13(16)12-17)23(19,20)18-9-3-5-14-6-4-10-22-14/h4,6-8,10-11,18H,2-3,5,9H2,1H3. The van der Waals surface area contributed by atoms with Crippen molar-refractivity contribution >= 4 is 21.4 Å². The minimum Gasteiger partial charge on any atom is -0.492 e. The summed E-state index contributed by atoms with van der Waals surface area (Å²) >= 11 is 1.66. The molecule has 122 valence electrons. The van der Waals surface area contributed by atoms with Crippen molar-refractivity contribution < 1.29 is 13.2 Å². The number of hydrogen-bond acceptors (Lipinski definition) is 5. The van der Waals surface area contributed by atoms with E-state index in [9.17, 15) is 8.42 Å². The van der Waals surface area contributed by atoms with E-state index in [-0.39, 0.29) is 10.5 Å². The topological polar surface area (TPSA) is 79.2 Å². The van der Waals surface area contributed by atoms with E-state index in [1.807, 2.05) is 23.6 Å². The Morgan fingerprint density at radius 2 is 2.17 bits per heavy atom. The van der Waals surface area contributed by atoms with Gasteiger partial charge < -0.3 is 4.74 Å². The molecule has 0 bridgehead atoms. The first-order chi connectivity index (χ1) is 11.1. The van der Waals surface area contributed by atoms with Crippen LogP contribution in [0.4, 0.5) is 0 Å². The highest BCUT2D eigenvalue weighted by Gasteiger charge is 2.16. The summed E-state index contributed by atoms with van der Waals surface area (Å²) in [4.78, 5) is 1.31. The van der Waals surface area contributed by atoms with Crippen LogP contribution in [0.15, 0.2) is 40.6 Å². The molecule has 0 aliphatic heterocycles. The van der Waals surface area contributed by atoms with Gasteiger partial charge in [0.25, 0.3) is 0 Å². The highest BCUT2D eigenvalue weighted by atomic mass is 32.2. The molecule has 0 saturated heterocycles. The monoisotopic (exact) mass is 350 g/mol. The van der Waals surface area contributed by atoms with Gasteiger partial charge in [0, 0.05) is 11.4 Å². The smallest absolute Gasteiger partial charge is 0.240 e. The molecule has 0 radical (unpaired) electrons. The SMILES string of the molecule is CCOc1ccc(S(=O)(=O)NCCCc2cccs2)cc1C#N. The molecule has 2 rings (SSSR count). The second-order valence-electron chi connectivity index (χ2n) is 4.78. The van der Waals surface area contributed by atoms with E-state index >= 15 is 0 Å². The Balaban J connectivity index is 2.00. The van der Waals surface area contributed by atoms with E-state index in [0.717, 1.165) is 12.8 Å². The van der Waals surface area contributed by atoms with Gasteiger partial charge in [-0.15, -0.1) is 11.3 Å². The summed E-state index contributed by atoms with van der Waals surface area (Å²) in [5.41, 5.74) is 0.216. The molecule has 7 heteroatoms. The van der Waals surface area contributed by atoms with Crippen LogP contribution < -0.4 is 9.46 Å². The third-order valence-electron chi connectivity index (χ3n) is 3.15. The third-order valence-corrected chi connectivity index (χ3v) is 5.55. The Bertz CT molecular complexity index is 778. The molecule has 0 aliphatic carbocycles. The van der Waals surface area contributed by atoms with E-state index in [4.69, 9.17) is 10.00 Å². The molecule has 0 spiro atoms. The van der Waals surface area contributed by atoms with Gasteiger partial charge in [-0.05, 0) is 49.4 Å². The summed E-state index contributed by atoms with van der Waals surface area (Å²) in [5.74, 6) is 0.395. The lowest BCUT2D eigenvalue weighted by atomic mass is 10.2. The number of rotatable bonds is 8. The fourth-order valence-corrected chi connectivity index (χ4v) is 3.90. The van der Waals surface area contributed by atoms with Crippen LogP contribution in [0.1, 0.15) is 23.8 Å². The molecule has 0 fully saturated rings. The van der Waals surface area contributed by atoms with Gasteiger partial charge in [-0.1, -0.05) is 6.07 Å². The molecular weight excluding hydrogens is 332 g/mol. The van der Waals surface area contributed by atoms with Gasteiger partial charge in [-0.25, -0.2) is 13.1 Å². The maximum Gasteiger partial charge on any atom is 0.240 e. The number of hydrogen-bond donors (Lipinski definition) is 1. The molecule has 1 heterocycles. The first-order valence-corrected chi connectivity index (χ1v) is 9.62. The predicted molar refractivity (Wildman–Crippen MR) is 90.2 cm³/mol. The van der Waals surface area contributed by atoms with Crippen molar-refractivity contribution in [1.29, 1.82) is 5.26 Å². The lowest BCUT2D eigenvalue weighted by Crippen LogP contribution is -2.25. The summed E-state index contributed by atoms with van der Waals surface area (Å²) in [7, 11) is -3.62. The molecule has 0 amide bonds. The summed E-state index contributed by atoms with van der Waals surface area (Å²) in [6, 6.07) is 10.3. The zero-order valence-corrected chi connectivity index (χ0v) is 14.4. The normalized spacial score (nSPS) is 11.1. The molecule has 2 aromatic rings. The molecule has 1 N–H and O–H groups in total. The van der Waals surface area contributed by atoms with Crippen LogP contribution >= 0.6 is 11.3 Å². The van der Waals surface area contributed by atoms with Crippen LogP contribution in [0.3, 0.4) is 0 Å². The van der Waals surface area contributed by atoms with Crippen LogP contribution in [0, 0.1) is 11.3 Å². The quantitative estimate of drug-likeness (QED) is 0.743. The van der Waals surface area contributed by atoms with E-state index < -0.39 is 10.0 Å². The Labute approximate surface area is 140 Å². The van der Waals surface area contributed by atoms with Crippen LogP contribution in [-0.2, 0) is 16.4 Å². The first kappa shape index (κ1) is 17.5. The van der Waals surface area contributed by atoms with Gasteiger partial charge >= 0.3 is 0 Å². The van der Waals surface area contributed by atoms with Crippen molar-refractivity contribution in [1.82, 2.24) is 4.72 Å². The lowest BCUT2D eigenvalue weighted by molar-refractivity contribution is 0.339. The van der Waals surface area contributed by atoms with Crippen molar-refractivity contribution in [3.05, 3.63) is 46.2 Å². The Morgan fingerprint density at radius 1 is 1.35 bits per heavy atom. The first-order valence-electron chi connectivity index (χ1n) is 7.26. The Hall–Kier alpha value is -1.88. The van der Waals surface area contributed by atoms with Crippen molar-refractivity contribution in [2.45, 2.75) is 24.7 Å². The van der Waals surface area contributed by atoms with Crippen LogP contribution in [0.25, 0.3) is 0 Å². The second kappa shape index (κ2) is 8.11. The van der Waals surface area contributed by atoms with E-state index in [1.165, 1.54) is 23.1 Å². The fraction of sp³-hybridized carbons (Fsp3) is 0.312. The highest BCUT2D eigenvalue weighted by Crippen LogP contribution is 2.22. The minimum absolute atomic E-state index is 0.0774. The van der Waals surface area contributed by atoms with Gasteiger partial charge in [-0.2, -0.15) is 5.26 Å². The van der Waals surface area contributed by atoms with Gasteiger partial charge in [-0.3, -0.25) is 0 Å². The average Bonchev–Trinajstić information content (AvgIpc) is 3.05. The average molecular weight is 350 g/mol. The molecule has 5 nitrogen and oxygen atoms in total. The summed E-state index contributed by atoms with van der Waals surface area (Å²) in [5, 5.41) is 11.1. The van der Waals surface area contributed by atoms with Crippen molar-refractivity contribution in [3.8, 4) is 11.8 Å². The molecular formula is C16H18N2O3S2. The van der Waals surface area contributed by atoms with E-state index in [0.29, 0.717) is 18.9 Å². The number of thiophene rings is 1. The third kappa shape index (κ3) is 4.79. The molecule has 0 saturated carbocycles. The van der Waals surface area contributed by atoms with Gasteiger partial charge in [0.15, 0.2) is 0 Å². The zero-order valence-electron chi connectivity index (χ0n) is 12.8. The molecule has 1 aromatic heterocycles. The Morgan fingerprint density at radius 3 is 2.83 bits per heavy atom. The molecule has 23 heavy (non-hydrogen) atoms. The van der Waals surface area contributed by atoms with Crippen LogP contribution in [0.5, 0.6) is 5.75 Å². The Kier molecular flexibility index (Phi) is 6.16. The number of benzene rings is 1. The number of nitriles is 1. The summed E-state index contributed by atoms with van der Waals surface area (Å²) in [6.07, 6.45) is 1.56. The van der Waals surface area contributed by atoms with Crippen molar-refractivity contribution in [2.24, 2.45) is 0 Å². The van der Waals surface area contributed by atoms with Crippen LogP contribution in [0.2, 0.25) is 0 Å². The molecule has 0 aliphatic rings. The van der Waals surface area contributed by atoms with E-state index in [2.05, 4.69) is 4.72 Å². The second-order valence-corrected chi connectivity index (χ2v) is 7.58. The van der Waals surface area contributed by atoms with Gasteiger partial charge in [0.1, 0.15) is 11.8 Å². The fourth-order valence-electron chi connectivity index (χ4n) is 2.05. The zero-order chi connectivity index (χ0) is 16.7. The van der Waals surface area contributed by atoms with Crippen LogP contribution in [-0.4, -0.2) is 21.6 Å². The highest BCUT2D eigenvalue weighted by molar-refractivity contribution is 7.89. The largest absolute Gasteiger partial charge is 0.492 e. The van der Waals surface area contributed by atoms with Gasteiger partial charge in [0.2, 0.25) is 10.0 Å². The summed E-state index contributed by atoms with van der Waals surface area (Å²) < 4.78 is 32.4. The number of nitrogens with one attached hydrogen (secondary N) is 1. The number of sulfonamides is 1. The molecule has 0 atom stereocenters. The number of aryl methyl sites for hydroxylation is 1. The molecule has 1 aromatic carbocycles. The van der Waals surface area contributed by atoms with Crippen molar-refractivity contribution in [2.75, 3.05) is 13.2 Å². The maximum absolute atomic E-state index is 12.3. The minimum atomic E-state index is -3.62. The predicted octanol–water partition coefficient (Wildman–Crippen LogP) is 2.93.